The summed E-state index contributed by atoms with van der Waals surface area (Å²) in [5.41, 5.74) is 3.60. The first kappa shape index (κ1) is 19.8. The lowest BCUT2D eigenvalue weighted by molar-refractivity contribution is -0.113. The fourth-order valence-corrected chi connectivity index (χ4v) is 4.21. The van der Waals surface area contributed by atoms with Crippen LogP contribution in [-0.2, 0) is 4.79 Å². The predicted octanol–water partition coefficient (Wildman–Crippen LogP) is 5.03. The Labute approximate surface area is 178 Å². The first-order chi connectivity index (χ1) is 14.1. The molecule has 1 saturated heterocycles. The summed E-state index contributed by atoms with van der Waals surface area (Å²) in [6.07, 6.45) is 2.27. The molecule has 0 radical (unpaired) electrons. The molecule has 4 rings (SSSR count). The number of amides is 1. The minimum Gasteiger partial charge on any atom is -0.411 e. The molecule has 150 valence electrons. The van der Waals surface area contributed by atoms with Crippen molar-refractivity contribution in [3.8, 4) is 11.5 Å². The number of carbonyl (C=O) groups is 1. The molecule has 1 aliphatic heterocycles. The fourth-order valence-electron chi connectivity index (χ4n) is 3.35. The average molecular weight is 429 g/mol. The first-order valence-electron chi connectivity index (χ1n) is 9.47. The van der Waals surface area contributed by atoms with Crippen molar-refractivity contribution in [1.82, 2.24) is 10.2 Å². The highest BCUT2D eigenvalue weighted by molar-refractivity contribution is 7.99. The third-order valence-corrected chi connectivity index (χ3v) is 5.80. The Hall–Kier alpha value is -2.51. The van der Waals surface area contributed by atoms with E-state index >= 15 is 0 Å². The van der Waals surface area contributed by atoms with Gasteiger partial charge in [0.25, 0.3) is 5.22 Å². The number of hydrogen-bond donors (Lipinski definition) is 1. The third kappa shape index (κ3) is 4.74. The molecule has 1 aromatic heterocycles. The number of para-hydroxylation sites is 1. The summed E-state index contributed by atoms with van der Waals surface area (Å²) in [6, 6.07) is 13.4. The van der Waals surface area contributed by atoms with Gasteiger partial charge in [-0.3, -0.25) is 4.79 Å². The number of hydrogen-bond acceptors (Lipinski definition) is 6. The van der Waals surface area contributed by atoms with Crippen LogP contribution in [0.25, 0.3) is 11.5 Å². The zero-order valence-corrected chi connectivity index (χ0v) is 17.6. The van der Waals surface area contributed by atoms with Crippen LogP contribution >= 0.6 is 23.4 Å². The molecular weight excluding hydrogens is 408 g/mol. The quantitative estimate of drug-likeness (QED) is 0.555. The van der Waals surface area contributed by atoms with Gasteiger partial charge in [-0.1, -0.05) is 47.1 Å². The molecule has 0 aliphatic carbocycles. The summed E-state index contributed by atoms with van der Waals surface area (Å²) in [6.45, 7) is 3.91. The summed E-state index contributed by atoms with van der Waals surface area (Å²) in [5.74, 6) is 0.470. The van der Waals surface area contributed by atoms with Crippen molar-refractivity contribution in [2.24, 2.45) is 0 Å². The fraction of sp³-hybridized carbons (Fsp3) is 0.286. The van der Waals surface area contributed by atoms with E-state index in [1.807, 2.05) is 49.4 Å². The largest absolute Gasteiger partial charge is 0.411 e. The van der Waals surface area contributed by atoms with Crippen LogP contribution in [0.5, 0.6) is 0 Å². The highest BCUT2D eigenvalue weighted by Crippen LogP contribution is 2.36. The number of nitrogens with zero attached hydrogens (tertiary/aromatic N) is 3. The minimum atomic E-state index is -0.145. The highest BCUT2D eigenvalue weighted by Gasteiger charge is 2.20. The summed E-state index contributed by atoms with van der Waals surface area (Å²) < 4.78 is 5.68. The molecule has 3 aromatic rings. The van der Waals surface area contributed by atoms with Gasteiger partial charge >= 0.3 is 0 Å². The van der Waals surface area contributed by atoms with Gasteiger partial charge in [-0.05, 0) is 44.0 Å². The van der Waals surface area contributed by atoms with Gasteiger partial charge in [-0.2, -0.15) is 0 Å². The highest BCUT2D eigenvalue weighted by atomic mass is 35.5. The first-order valence-corrected chi connectivity index (χ1v) is 10.8. The van der Waals surface area contributed by atoms with Crippen LogP contribution in [-0.4, -0.2) is 34.9 Å². The maximum absolute atomic E-state index is 12.5. The van der Waals surface area contributed by atoms with Gasteiger partial charge < -0.3 is 14.6 Å². The van der Waals surface area contributed by atoms with Crippen LogP contribution < -0.4 is 10.2 Å². The van der Waals surface area contributed by atoms with Crippen molar-refractivity contribution in [3.05, 3.63) is 53.1 Å². The molecule has 0 bridgehead atoms. The molecule has 1 N–H and O–H groups in total. The van der Waals surface area contributed by atoms with Gasteiger partial charge in [-0.15, -0.1) is 10.2 Å². The monoisotopic (exact) mass is 428 g/mol. The lowest BCUT2D eigenvalue weighted by Gasteiger charge is -2.22. The zero-order valence-electron chi connectivity index (χ0n) is 16.0. The molecule has 29 heavy (non-hydrogen) atoms. The Bertz CT molecular complexity index is 1020. The molecule has 0 spiro atoms. The molecule has 2 aromatic carbocycles. The third-order valence-electron chi connectivity index (χ3n) is 4.68. The average Bonchev–Trinajstić information content (AvgIpc) is 3.39. The van der Waals surface area contributed by atoms with E-state index < -0.39 is 0 Å². The molecule has 1 aliphatic rings. The Morgan fingerprint density at radius 1 is 1.21 bits per heavy atom. The molecule has 0 saturated carbocycles. The number of anilines is 2. The van der Waals surface area contributed by atoms with Gasteiger partial charge in [0, 0.05) is 18.7 Å². The Kier molecular flexibility index (Phi) is 6.06. The summed E-state index contributed by atoms with van der Waals surface area (Å²) in [5, 5.41) is 12.1. The Morgan fingerprint density at radius 3 is 2.79 bits per heavy atom. The van der Waals surface area contributed by atoms with E-state index in [-0.39, 0.29) is 11.7 Å². The lowest BCUT2D eigenvalue weighted by Crippen LogP contribution is -2.22. The second-order valence-corrected chi connectivity index (χ2v) is 8.24. The lowest BCUT2D eigenvalue weighted by atomic mass is 10.1. The van der Waals surface area contributed by atoms with Crippen molar-refractivity contribution in [1.29, 1.82) is 0 Å². The van der Waals surface area contributed by atoms with Crippen LogP contribution in [0, 0.1) is 6.92 Å². The minimum absolute atomic E-state index is 0.145. The SMILES string of the molecule is Cc1cccc(-c2nnc(SCC(=O)Nc3cccc(Cl)c3N3CCCC3)o2)c1. The Morgan fingerprint density at radius 2 is 2.00 bits per heavy atom. The zero-order chi connectivity index (χ0) is 20.2. The number of aromatic nitrogens is 2. The van der Waals surface area contributed by atoms with E-state index in [1.54, 1.807) is 0 Å². The number of benzene rings is 2. The molecule has 1 amide bonds. The number of halogens is 1. The maximum Gasteiger partial charge on any atom is 0.277 e. The van der Waals surface area contributed by atoms with Crippen LogP contribution in [0.1, 0.15) is 18.4 Å². The summed E-state index contributed by atoms with van der Waals surface area (Å²) in [7, 11) is 0. The second kappa shape index (κ2) is 8.88. The molecule has 8 heteroatoms. The Balaban J connectivity index is 1.40. The van der Waals surface area contributed by atoms with Crippen LogP contribution in [0.15, 0.2) is 52.1 Å². The molecule has 1 fully saturated rings. The number of nitrogens with one attached hydrogen (secondary N) is 1. The topological polar surface area (TPSA) is 71.3 Å². The van der Waals surface area contributed by atoms with E-state index in [4.69, 9.17) is 16.0 Å². The smallest absolute Gasteiger partial charge is 0.277 e. The molecule has 2 heterocycles. The van der Waals surface area contributed by atoms with Crippen LogP contribution in [0.3, 0.4) is 0 Å². The van der Waals surface area contributed by atoms with Gasteiger partial charge in [0.05, 0.1) is 22.2 Å². The van der Waals surface area contributed by atoms with Gasteiger partial charge in [0.2, 0.25) is 11.8 Å². The van der Waals surface area contributed by atoms with Crippen molar-refractivity contribution >= 4 is 40.6 Å². The number of rotatable bonds is 6. The summed E-state index contributed by atoms with van der Waals surface area (Å²) >= 11 is 7.62. The van der Waals surface area contributed by atoms with Crippen molar-refractivity contribution < 1.29 is 9.21 Å². The number of thioether (sulfide) groups is 1. The number of carbonyl (C=O) groups excluding carboxylic acids is 1. The molecule has 0 atom stereocenters. The van der Waals surface area contributed by atoms with Crippen molar-refractivity contribution in [2.75, 3.05) is 29.1 Å². The standard InChI is InChI=1S/C21H21ClN4O2S/c1-14-6-4-7-15(12-14)20-24-25-21(28-20)29-13-18(27)23-17-9-5-8-16(22)19(17)26-10-2-3-11-26/h4-9,12H,2-3,10-11,13H2,1H3,(H,23,27). The predicted molar refractivity (Wildman–Crippen MR) is 117 cm³/mol. The second-order valence-electron chi connectivity index (χ2n) is 6.91. The van der Waals surface area contributed by atoms with Gasteiger partial charge in [0.15, 0.2) is 0 Å². The van der Waals surface area contributed by atoms with Crippen molar-refractivity contribution in [2.45, 2.75) is 25.0 Å². The van der Waals surface area contributed by atoms with Crippen molar-refractivity contribution in [3.63, 3.8) is 0 Å². The molecular formula is C21H21ClN4O2S. The van der Waals surface area contributed by atoms with Gasteiger partial charge in [0.1, 0.15) is 0 Å². The van der Waals surface area contributed by atoms with E-state index in [9.17, 15) is 4.79 Å². The van der Waals surface area contributed by atoms with E-state index in [0.717, 1.165) is 48.4 Å². The molecule has 6 nitrogen and oxygen atoms in total. The van der Waals surface area contributed by atoms with E-state index in [0.29, 0.717) is 16.1 Å². The van der Waals surface area contributed by atoms with Gasteiger partial charge in [-0.25, -0.2) is 0 Å². The summed E-state index contributed by atoms with van der Waals surface area (Å²) in [4.78, 5) is 14.7. The van der Waals surface area contributed by atoms with Crippen LogP contribution in [0.2, 0.25) is 5.02 Å². The maximum atomic E-state index is 12.5. The normalized spacial score (nSPS) is 13.7. The number of aryl methyl sites for hydroxylation is 1. The van der Waals surface area contributed by atoms with E-state index in [1.165, 1.54) is 11.8 Å². The molecule has 0 unspecified atom stereocenters. The van der Waals surface area contributed by atoms with Crippen LogP contribution in [0.4, 0.5) is 11.4 Å². The van der Waals surface area contributed by atoms with E-state index in [2.05, 4.69) is 20.4 Å².